The normalized spacial score (nSPS) is 11.6. The number of nitrogens with two attached hydrogens (primary N) is 1. The monoisotopic (exact) mass is 339 g/mol. The van der Waals surface area contributed by atoms with E-state index < -0.39 is 6.04 Å². The highest BCUT2D eigenvalue weighted by atomic mass is 16.2. The SMILES string of the molecule is CCN(Cc1ccccc1)C(=O)CNC(=O)C(N)c1ccc(C)cc1. The van der Waals surface area contributed by atoms with E-state index in [2.05, 4.69) is 5.32 Å². The van der Waals surface area contributed by atoms with Crippen LogP contribution in [0.25, 0.3) is 0 Å². The van der Waals surface area contributed by atoms with Crippen molar-refractivity contribution in [2.75, 3.05) is 13.1 Å². The first-order valence-corrected chi connectivity index (χ1v) is 8.42. The third-order valence-corrected chi connectivity index (χ3v) is 4.08. The molecule has 0 bridgehead atoms. The molecule has 0 aliphatic rings. The molecule has 1 unspecified atom stereocenters. The Balaban J connectivity index is 1.88. The number of likely N-dealkylation sites (N-methyl/N-ethyl adjacent to an activating group) is 1. The number of carbonyl (C=O) groups excluding carboxylic acids is 2. The third-order valence-electron chi connectivity index (χ3n) is 4.08. The van der Waals surface area contributed by atoms with Gasteiger partial charge in [-0.15, -0.1) is 0 Å². The van der Waals surface area contributed by atoms with Gasteiger partial charge in [-0.1, -0.05) is 60.2 Å². The molecule has 2 rings (SSSR count). The van der Waals surface area contributed by atoms with Crippen LogP contribution in [0.4, 0.5) is 0 Å². The van der Waals surface area contributed by atoms with E-state index in [-0.39, 0.29) is 18.4 Å². The molecular formula is C20H25N3O2. The summed E-state index contributed by atoms with van der Waals surface area (Å²) in [5.41, 5.74) is 8.86. The molecule has 0 aromatic heterocycles. The van der Waals surface area contributed by atoms with E-state index >= 15 is 0 Å². The van der Waals surface area contributed by atoms with Crippen LogP contribution in [0.2, 0.25) is 0 Å². The minimum Gasteiger partial charge on any atom is -0.345 e. The molecule has 5 nitrogen and oxygen atoms in total. The fourth-order valence-corrected chi connectivity index (χ4v) is 2.49. The Morgan fingerprint density at radius 2 is 1.72 bits per heavy atom. The Morgan fingerprint density at radius 3 is 2.32 bits per heavy atom. The number of amides is 2. The summed E-state index contributed by atoms with van der Waals surface area (Å²) in [6.07, 6.45) is 0. The van der Waals surface area contributed by atoms with Crippen LogP contribution in [-0.4, -0.2) is 29.8 Å². The number of hydrogen-bond acceptors (Lipinski definition) is 3. The summed E-state index contributed by atoms with van der Waals surface area (Å²) in [7, 11) is 0. The van der Waals surface area contributed by atoms with Gasteiger partial charge in [0.1, 0.15) is 6.04 Å². The van der Waals surface area contributed by atoms with Gasteiger partial charge in [-0.2, -0.15) is 0 Å². The van der Waals surface area contributed by atoms with Crippen molar-refractivity contribution >= 4 is 11.8 Å². The summed E-state index contributed by atoms with van der Waals surface area (Å²) in [4.78, 5) is 26.3. The lowest BCUT2D eigenvalue weighted by Gasteiger charge is -2.22. The number of nitrogens with one attached hydrogen (secondary N) is 1. The van der Waals surface area contributed by atoms with Crippen molar-refractivity contribution in [2.24, 2.45) is 5.73 Å². The maximum absolute atomic E-state index is 12.4. The highest BCUT2D eigenvalue weighted by Gasteiger charge is 2.18. The van der Waals surface area contributed by atoms with Crippen molar-refractivity contribution in [3.63, 3.8) is 0 Å². The summed E-state index contributed by atoms with van der Waals surface area (Å²) in [6, 6.07) is 16.5. The van der Waals surface area contributed by atoms with Gasteiger partial charge < -0.3 is 16.0 Å². The Labute approximate surface area is 148 Å². The number of rotatable bonds is 7. The van der Waals surface area contributed by atoms with Crippen LogP contribution < -0.4 is 11.1 Å². The van der Waals surface area contributed by atoms with Crippen molar-refractivity contribution in [3.8, 4) is 0 Å². The van der Waals surface area contributed by atoms with Gasteiger partial charge in [-0.25, -0.2) is 0 Å². The number of aryl methyl sites for hydroxylation is 1. The summed E-state index contributed by atoms with van der Waals surface area (Å²) in [5.74, 6) is -0.483. The number of nitrogens with zero attached hydrogens (tertiary/aromatic N) is 1. The van der Waals surface area contributed by atoms with E-state index in [4.69, 9.17) is 5.73 Å². The Morgan fingerprint density at radius 1 is 1.08 bits per heavy atom. The average molecular weight is 339 g/mol. The lowest BCUT2D eigenvalue weighted by atomic mass is 10.1. The number of carbonyl (C=O) groups is 2. The quantitative estimate of drug-likeness (QED) is 0.812. The first-order chi connectivity index (χ1) is 12.0. The molecule has 0 saturated carbocycles. The molecule has 0 fully saturated rings. The molecule has 0 spiro atoms. The summed E-state index contributed by atoms with van der Waals surface area (Å²) < 4.78 is 0. The van der Waals surface area contributed by atoms with Crippen LogP contribution in [0.3, 0.4) is 0 Å². The maximum atomic E-state index is 12.4. The van der Waals surface area contributed by atoms with Gasteiger partial charge in [-0.05, 0) is 25.0 Å². The molecule has 2 aromatic rings. The molecule has 0 aliphatic carbocycles. The van der Waals surface area contributed by atoms with Gasteiger partial charge in [0.15, 0.2) is 0 Å². The average Bonchev–Trinajstić information content (AvgIpc) is 2.64. The molecule has 25 heavy (non-hydrogen) atoms. The predicted octanol–water partition coefficient (Wildman–Crippen LogP) is 2.16. The molecule has 0 aliphatic heterocycles. The van der Waals surface area contributed by atoms with E-state index in [0.717, 1.165) is 16.7 Å². The highest BCUT2D eigenvalue weighted by molar-refractivity contribution is 5.88. The molecule has 0 radical (unpaired) electrons. The first-order valence-electron chi connectivity index (χ1n) is 8.42. The van der Waals surface area contributed by atoms with Gasteiger partial charge in [0, 0.05) is 13.1 Å². The Kier molecular flexibility index (Phi) is 6.71. The fraction of sp³-hybridized carbons (Fsp3) is 0.300. The highest BCUT2D eigenvalue weighted by Crippen LogP contribution is 2.11. The topological polar surface area (TPSA) is 75.4 Å². The predicted molar refractivity (Wildman–Crippen MR) is 98.7 cm³/mol. The van der Waals surface area contributed by atoms with Crippen LogP contribution in [0.15, 0.2) is 54.6 Å². The van der Waals surface area contributed by atoms with Gasteiger partial charge in [-0.3, -0.25) is 9.59 Å². The number of benzene rings is 2. The maximum Gasteiger partial charge on any atom is 0.242 e. The van der Waals surface area contributed by atoms with E-state index in [1.165, 1.54) is 0 Å². The van der Waals surface area contributed by atoms with Gasteiger partial charge >= 0.3 is 0 Å². The molecule has 0 saturated heterocycles. The van der Waals surface area contributed by atoms with Crippen LogP contribution in [-0.2, 0) is 16.1 Å². The second kappa shape index (κ2) is 8.99. The largest absolute Gasteiger partial charge is 0.345 e. The zero-order valence-electron chi connectivity index (χ0n) is 14.7. The molecule has 3 N–H and O–H groups in total. The van der Waals surface area contributed by atoms with E-state index in [0.29, 0.717) is 13.1 Å². The molecule has 1 atom stereocenters. The second-order valence-electron chi connectivity index (χ2n) is 6.00. The lowest BCUT2D eigenvalue weighted by molar-refractivity contribution is -0.133. The lowest BCUT2D eigenvalue weighted by Crippen LogP contribution is -2.42. The van der Waals surface area contributed by atoms with Crippen LogP contribution in [0, 0.1) is 6.92 Å². The van der Waals surface area contributed by atoms with Crippen molar-refractivity contribution in [3.05, 3.63) is 71.3 Å². The first kappa shape index (κ1) is 18.7. The van der Waals surface area contributed by atoms with Crippen molar-refractivity contribution in [1.82, 2.24) is 10.2 Å². The Hall–Kier alpha value is -2.66. The molecule has 2 amide bonds. The zero-order chi connectivity index (χ0) is 18.2. The van der Waals surface area contributed by atoms with Gasteiger partial charge in [0.2, 0.25) is 11.8 Å². The van der Waals surface area contributed by atoms with Crippen LogP contribution in [0.5, 0.6) is 0 Å². The number of hydrogen-bond donors (Lipinski definition) is 2. The molecule has 132 valence electrons. The van der Waals surface area contributed by atoms with Gasteiger partial charge in [0.05, 0.1) is 6.54 Å². The van der Waals surface area contributed by atoms with Crippen molar-refractivity contribution < 1.29 is 9.59 Å². The summed E-state index contributed by atoms with van der Waals surface area (Å²) in [5, 5.41) is 2.64. The molecule has 5 heteroatoms. The van der Waals surface area contributed by atoms with E-state index in [1.54, 1.807) is 4.90 Å². The van der Waals surface area contributed by atoms with E-state index in [1.807, 2.05) is 68.4 Å². The third kappa shape index (κ3) is 5.43. The van der Waals surface area contributed by atoms with Crippen molar-refractivity contribution in [1.29, 1.82) is 0 Å². The zero-order valence-corrected chi connectivity index (χ0v) is 14.7. The fourth-order valence-electron chi connectivity index (χ4n) is 2.49. The second-order valence-corrected chi connectivity index (χ2v) is 6.00. The molecule has 0 heterocycles. The van der Waals surface area contributed by atoms with Crippen molar-refractivity contribution in [2.45, 2.75) is 26.4 Å². The van der Waals surface area contributed by atoms with Gasteiger partial charge in [0.25, 0.3) is 0 Å². The van der Waals surface area contributed by atoms with Crippen LogP contribution in [0.1, 0.15) is 29.7 Å². The minimum absolute atomic E-state index is 0.0565. The smallest absolute Gasteiger partial charge is 0.242 e. The standard InChI is InChI=1S/C20H25N3O2/c1-3-23(14-16-7-5-4-6-8-16)18(24)13-22-20(25)19(21)17-11-9-15(2)10-12-17/h4-12,19H,3,13-14,21H2,1-2H3,(H,22,25). The summed E-state index contributed by atoms with van der Waals surface area (Å²) >= 11 is 0. The molecular weight excluding hydrogens is 314 g/mol. The van der Waals surface area contributed by atoms with Crippen LogP contribution >= 0.6 is 0 Å². The minimum atomic E-state index is -0.780. The Bertz CT molecular complexity index is 699. The molecule has 2 aromatic carbocycles. The van der Waals surface area contributed by atoms with E-state index in [9.17, 15) is 9.59 Å². The summed E-state index contributed by atoms with van der Waals surface area (Å²) in [6.45, 7) is 4.93.